The van der Waals surface area contributed by atoms with Crippen LogP contribution in [-0.4, -0.2) is 49.3 Å². The number of aromatic nitrogens is 2. The SMILES string of the molecule is CCCCN1C(=O)/C(=C/c2c(NCCO)nc3c(C)cccn3c2=O)SC1=S. The lowest BCUT2D eigenvalue weighted by Crippen LogP contribution is -2.29. The maximum atomic E-state index is 13.1. The molecule has 0 aromatic carbocycles. The van der Waals surface area contributed by atoms with Crippen molar-refractivity contribution < 1.29 is 9.90 Å². The Bertz CT molecular complexity index is 1020. The van der Waals surface area contributed by atoms with Crippen LogP contribution in [0.5, 0.6) is 0 Å². The van der Waals surface area contributed by atoms with Crippen molar-refractivity contribution in [2.75, 3.05) is 25.0 Å². The second-order valence-electron chi connectivity index (χ2n) is 6.40. The molecule has 3 rings (SSSR count). The minimum absolute atomic E-state index is 0.104. The first-order valence-corrected chi connectivity index (χ1v) is 10.3. The highest BCUT2D eigenvalue weighted by Crippen LogP contribution is 2.33. The average molecular weight is 419 g/mol. The smallest absolute Gasteiger partial charge is 0.267 e. The molecule has 1 amide bonds. The summed E-state index contributed by atoms with van der Waals surface area (Å²) in [5.41, 5.74) is 1.37. The first-order valence-electron chi connectivity index (χ1n) is 9.10. The molecule has 0 radical (unpaired) electrons. The fourth-order valence-corrected chi connectivity index (χ4v) is 4.18. The summed E-state index contributed by atoms with van der Waals surface area (Å²) in [6.45, 7) is 4.63. The molecule has 9 heteroatoms. The molecule has 2 aromatic heterocycles. The van der Waals surface area contributed by atoms with Gasteiger partial charge in [-0.25, -0.2) is 4.98 Å². The molecule has 1 fully saturated rings. The monoisotopic (exact) mass is 418 g/mol. The molecule has 0 atom stereocenters. The summed E-state index contributed by atoms with van der Waals surface area (Å²) in [7, 11) is 0. The Morgan fingerprint density at radius 2 is 2.18 bits per heavy atom. The summed E-state index contributed by atoms with van der Waals surface area (Å²) >= 11 is 6.53. The van der Waals surface area contributed by atoms with E-state index in [1.807, 2.05) is 13.0 Å². The maximum absolute atomic E-state index is 13.1. The summed E-state index contributed by atoms with van der Waals surface area (Å²) in [6.07, 6.45) is 5.02. The van der Waals surface area contributed by atoms with Gasteiger partial charge >= 0.3 is 0 Å². The number of pyridine rings is 1. The number of fused-ring (bicyclic) bond motifs is 1. The van der Waals surface area contributed by atoms with Gasteiger partial charge in [0.15, 0.2) is 0 Å². The molecule has 0 unspecified atom stereocenters. The number of aliphatic hydroxyl groups is 1. The van der Waals surface area contributed by atoms with Crippen LogP contribution in [0.2, 0.25) is 0 Å². The van der Waals surface area contributed by atoms with Crippen LogP contribution >= 0.6 is 24.0 Å². The molecule has 1 saturated heterocycles. The molecule has 0 aliphatic carbocycles. The summed E-state index contributed by atoms with van der Waals surface area (Å²) in [5, 5.41) is 12.1. The van der Waals surface area contributed by atoms with Gasteiger partial charge in [0.05, 0.1) is 17.1 Å². The first kappa shape index (κ1) is 20.5. The van der Waals surface area contributed by atoms with E-state index >= 15 is 0 Å². The normalized spacial score (nSPS) is 15.8. The van der Waals surface area contributed by atoms with Gasteiger partial charge in [-0.15, -0.1) is 0 Å². The van der Waals surface area contributed by atoms with E-state index in [2.05, 4.69) is 17.2 Å². The lowest BCUT2D eigenvalue weighted by Gasteiger charge is -2.13. The molecule has 148 valence electrons. The number of carbonyl (C=O) groups is 1. The van der Waals surface area contributed by atoms with Crippen LogP contribution < -0.4 is 10.9 Å². The van der Waals surface area contributed by atoms with Gasteiger partial charge in [-0.2, -0.15) is 0 Å². The summed E-state index contributed by atoms with van der Waals surface area (Å²) in [5.74, 6) is 0.150. The Kier molecular flexibility index (Phi) is 6.48. The second-order valence-corrected chi connectivity index (χ2v) is 8.08. The minimum atomic E-state index is -0.284. The third-order valence-electron chi connectivity index (χ3n) is 4.37. The third kappa shape index (κ3) is 3.96. The average Bonchev–Trinajstić information content (AvgIpc) is 2.94. The Hall–Kier alpha value is -2.23. The molecule has 3 heterocycles. The fraction of sp³-hybridized carbons (Fsp3) is 0.368. The highest BCUT2D eigenvalue weighted by atomic mass is 32.2. The van der Waals surface area contributed by atoms with Crippen molar-refractivity contribution in [3.8, 4) is 0 Å². The molecular formula is C19H22N4O3S2. The van der Waals surface area contributed by atoms with Crippen LogP contribution in [0.4, 0.5) is 5.82 Å². The summed E-state index contributed by atoms with van der Waals surface area (Å²) < 4.78 is 1.96. The minimum Gasteiger partial charge on any atom is -0.395 e. The Morgan fingerprint density at radius 3 is 2.89 bits per heavy atom. The standard InChI is InChI=1S/C19H22N4O3S2/c1-3-4-8-23-18(26)14(28-19(23)27)11-13-15(20-7-10-24)21-16-12(2)6-5-9-22(16)17(13)25/h5-6,9,11,20,24H,3-4,7-8,10H2,1-2H3/b14-11-. The molecule has 2 aromatic rings. The van der Waals surface area contributed by atoms with E-state index in [1.165, 1.54) is 16.2 Å². The van der Waals surface area contributed by atoms with Gasteiger partial charge in [0, 0.05) is 19.3 Å². The van der Waals surface area contributed by atoms with Crippen molar-refractivity contribution in [2.45, 2.75) is 26.7 Å². The molecule has 0 bridgehead atoms. The van der Waals surface area contributed by atoms with Crippen LogP contribution in [-0.2, 0) is 4.79 Å². The van der Waals surface area contributed by atoms with Crippen molar-refractivity contribution in [1.29, 1.82) is 0 Å². The van der Waals surface area contributed by atoms with Gasteiger partial charge in [-0.1, -0.05) is 43.4 Å². The van der Waals surface area contributed by atoms with Gasteiger partial charge in [0.2, 0.25) is 0 Å². The zero-order valence-electron chi connectivity index (χ0n) is 15.8. The topological polar surface area (TPSA) is 86.9 Å². The summed E-state index contributed by atoms with van der Waals surface area (Å²) in [4.78, 5) is 32.4. The van der Waals surface area contributed by atoms with Crippen LogP contribution in [0.1, 0.15) is 30.9 Å². The maximum Gasteiger partial charge on any atom is 0.267 e. The molecule has 2 N–H and O–H groups in total. The number of thiocarbonyl (C=S) groups is 1. The van der Waals surface area contributed by atoms with Crippen molar-refractivity contribution in [3.63, 3.8) is 0 Å². The Labute approximate surface area is 172 Å². The van der Waals surface area contributed by atoms with E-state index in [0.717, 1.165) is 18.4 Å². The van der Waals surface area contributed by atoms with E-state index < -0.39 is 0 Å². The van der Waals surface area contributed by atoms with Crippen LogP contribution in [0.15, 0.2) is 28.0 Å². The third-order valence-corrected chi connectivity index (χ3v) is 5.75. The van der Waals surface area contributed by atoms with Crippen molar-refractivity contribution >= 4 is 51.7 Å². The first-order chi connectivity index (χ1) is 13.5. The molecule has 7 nitrogen and oxygen atoms in total. The fourth-order valence-electron chi connectivity index (χ4n) is 2.89. The number of hydrogen-bond acceptors (Lipinski definition) is 7. The predicted molar refractivity (Wildman–Crippen MR) is 117 cm³/mol. The number of anilines is 1. The highest BCUT2D eigenvalue weighted by Gasteiger charge is 2.32. The largest absolute Gasteiger partial charge is 0.395 e. The number of nitrogens with one attached hydrogen (secondary N) is 1. The Balaban J connectivity index is 2.10. The van der Waals surface area contributed by atoms with Gasteiger partial charge < -0.3 is 10.4 Å². The molecule has 0 spiro atoms. The number of carbonyl (C=O) groups excluding carboxylic acids is 1. The van der Waals surface area contributed by atoms with E-state index in [0.29, 0.717) is 27.2 Å². The number of nitrogens with zero attached hydrogens (tertiary/aromatic N) is 3. The number of unbranched alkanes of at least 4 members (excludes halogenated alkanes) is 1. The number of rotatable bonds is 7. The van der Waals surface area contributed by atoms with Crippen molar-refractivity contribution in [2.24, 2.45) is 0 Å². The number of aryl methyl sites for hydroxylation is 1. The predicted octanol–water partition coefficient (Wildman–Crippen LogP) is 2.41. The molecule has 0 saturated carbocycles. The summed E-state index contributed by atoms with van der Waals surface area (Å²) in [6, 6.07) is 3.65. The quantitative estimate of drug-likeness (QED) is 0.527. The lowest BCUT2D eigenvalue weighted by atomic mass is 10.2. The van der Waals surface area contributed by atoms with Crippen molar-refractivity contribution in [3.05, 3.63) is 44.7 Å². The van der Waals surface area contributed by atoms with Gasteiger partial charge in [-0.3, -0.25) is 18.9 Å². The zero-order valence-corrected chi connectivity index (χ0v) is 17.4. The number of aliphatic hydroxyl groups excluding tert-OH is 1. The zero-order chi connectivity index (χ0) is 20.3. The lowest BCUT2D eigenvalue weighted by molar-refractivity contribution is -0.122. The van der Waals surface area contributed by atoms with Crippen LogP contribution in [0, 0.1) is 6.92 Å². The van der Waals surface area contributed by atoms with Crippen LogP contribution in [0.25, 0.3) is 11.7 Å². The number of hydrogen-bond donors (Lipinski definition) is 2. The number of thioether (sulfide) groups is 1. The highest BCUT2D eigenvalue weighted by molar-refractivity contribution is 8.26. The molecule has 1 aliphatic heterocycles. The van der Waals surface area contributed by atoms with Crippen LogP contribution in [0.3, 0.4) is 0 Å². The van der Waals surface area contributed by atoms with E-state index in [1.54, 1.807) is 23.2 Å². The Morgan fingerprint density at radius 1 is 1.39 bits per heavy atom. The molecular weight excluding hydrogens is 396 g/mol. The van der Waals surface area contributed by atoms with Gasteiger partial charge in [0.1, 0.15) is 15.8 Å². The van der Waals surface area contributed by atoms with Crippen molar-refractivity contribution in [1.82, 2.24) is 14.3 Å². The number of amides is 1. The van der Waals surface area contributed by atoms with E-state index in [-0.39, 0.29) is 30.2 Å². The molecule has 1 aliphatic rings. The van der Waals surface area contributed by atoms with E-state index in [4.69, 9.17) is 17.3 Å². The second kappa shape index (κ2) is 8.85. The van der Waals surface area contributed by atoms with E-state index in [9.17, 15) is 9.59 Å². The molecule has 28 heavy (non-hydrogen) atoms. The van der Waals surface area contributed by atoms with Gasteiger partial charge in [0.25, 0.3) is 11.5 Å². The van der Waals surface area contributed by atoms with Gasteiger partial charge in [-0.05, 0) is 31.1 Å².